The number of amides is 1. The van der Waals surface area contributed by atoms with Gasteiger partial charge in [-0.3, -0.25) is 9.78 Å². The van der Waals surface area contributed by atoms with Crippen molar-refractivity contribution in [1.29, 1.82) is 5.26 Å². The number of methoxy groups -OCH3 is 1. The number of nitrogens with one attached hydrogen (secondary N) is 1. The van der Waals surface area contributed by atoms with E-state index in [1.807, 2.05) is 0 Å². The number of ether oxygens (including phenoxy) is 1. The van der Waals surface area contributed by atoms with Crippen molar-refractivity contribution in [3.63, 3.8) is 0 Å². The van der Waals surface area contributed by atoms with Crippen LogP contribution in [0.25, 0.3) is 11.1 Å². The number of hydrogen-bond donors (Lipinski definition) is 2. The van der Waals surface area contributed by atoms with Gasteiger partial charge in [-0.1, -0.05) is 19.1 Å². The average molecular weight is 351 g/mol. The Morgan fingerprint density at radius 2 is 2.12 bits per heavy atom. The summed E-state index contributed by atoms with van der Waals surface area (Å²) >= 11 is 0. The van der Waals surface area contributed by atoms with E-state index in [-0.39, 0.29) is 23.3 Å². The van der Waals surface area contributed by atoms with E-state index in [2.05, 4.69) is 10.3 Å². The number of nitriles is 1. The van der Waals surface area contributed by atoms with Gasteiger partial charge in [-0.25, -0.2) is 4.79 Å². The zero-order valence-electron chi connectivity index (χ0n) is 14.3. The number of carbonyl (C=O) groups is 2. The van der Waals surface area contributed by atoms with Crippen molar-refractivity contribution in [2.24, 2.45) is 0 Å². The Labute approximate surface area is 150 Å². The second kappa shape index (κ2) is 8.44. The second-order valence-electron chi connectivity index (χ2n) is 5.23. The van der Waals surface area contributed by atoms with Gasteiger partial charge in [-0.2, -0.15) is 5.26 Å². The zero-order chi connectivity index (χ0) is 19.1. The number of aliphatic hydroxyl groups excluding tert-OH is 1. The molecule has 0 bridgehead atoms. The molecule has 7 heteroatoms. The molecule has 0 spiro atoms. The van der Waals surface area contributed by atoms with Gasteiger partial charge in [0.05, 0.1) is 12.7 Å². The van der Waals surface area contributed by atoms with E-state index in [1.165, 1.54) is 13.2 Å². The molecule has 1 amide bonds. The monoisotopic (exact) mass is 351 g/mol. The molecule has 0 fully saturated rings. The summed E-state index contributed by atoms with van der Waals surface area (Å²) in [5.41, 5.74) is 1.46. The van der Waals surface area contributed by atoms with Crippen molar-refractivity contribution in [3.05, 3.63) is 59.6 Å². The van der Waals surface area contributed by atoms with Crippen LogP contribution in [0, 0.1) is 11.3 Å². The summed E-state index contributed by atoms with van der Waals surface area (Å²) < 4.78 is 4.81. The second-order valence-corrected chi connectivity index (χ2v) is 5.23. The Kier molecular flexibility index (Phi) is 6.06. The predicted octanol–water partition coefficient (Wildman–Crippen LogP) is 3.22. The average Bonchev–Trinajstić information content (AvgIpc) is 2.68. The van der Waals surface area contributed by atoms with Crippen molar-refractivity contribution in [1.82, 2.24) is 4.98 Å². The fraction of sp³-hybridized carbons (Fsp3) is 0.158. The van der Waals surface area contributed by atoms with Crippen molar-refractivity contribution >= 4 is 17.6 Å². The summed E-state index contributed by atoms with van der Waals surface area (Å²) in [6.07, 6.45) is 3.38. The highest BCUT2D eigenvalue weighted by atomic mass is 16.5. The normalized spacial score (nSPS) is 11.1. The summed E-state index contributed by atoms with van der Waals surface area (Å²) in [6, 6.07) is 9.89. The minimum Gasteiger partial charge on any atom is -0.511 e. The Morgan fingerprint density at radius 1 is 1.35 bits per heavy atom. The Bertz CT molecular complexity index is 899. The molecule has 0 saturated carbocycles. The lowest BCUT2D eigenvalue weighted by Crippen LogP contribution is -2.16. The molecule has 1 heterocycles. The topological polar surface area (TPSA) is 112 Å². The standard InChI is InChI=1S/C19H17N3O4/c1-3-17(23)16(10-20)18(24)22-13-6-7-14(12-5-4-8-21-11-12)15(9-13)19(25)26-2/h4-9,11,23H,3H2,1-2H3,(H,22,24)/b17-16-. The number of pyridine rings is 1. The van der Waals surface area contributed by atoms with E-state index < -0.39 is 11.9 Å². The number of carbonyl (C=O) groups excluding carboxylic acids is 2. The third-order valence-electron chi connectivity index (χ3n) is 3.62. The maximum absolute atomic E-state index is 12.2. The SMILES string of the molecule is CC/C(O)=C(\C#N)C(=O)Nc1ccc(-c2cccnc2)c(C(=O)OC)c1. The predicted molar refractivity (Wildman–Crippen MR) is 95.2 cm³/mol. The molecule has 132 valence electrons. The van der Waals surface area contributed by atoms with E-state index >= 15 is 0 Å². The molecule has 2 N–H and O–H groups in total. The fourth-order valence-corrected chi connectivity index (χ4v) is 2.29. The van der Waals surface area contributed by atoms with Crippen LogP contribution in [-0.2, 0) is 9.53 Å². The van der Waals surface area contributed by atoms with E-state index in [0.717, 1.165) is 0 Å². The number of aliphatic hydroxyl groups is 1. The van der Waals surface area contributed by atoms with Gasteiger partial charge in [0.2, 0.25) is 0 Å². The van der Waals surface area contributed by atoms with Crippen LogP contribution in [0.1, 0.15) is 23.7 Å². The summed E-state index contributed by atoms with van der Waals surface area (Å²) in [5.74, 6) is -1.63. The molecule has 0 unspecified atom stereocenters. The number of rotatable bonds is 5. The van der Waals surface area contributed by atoms with Gasteiger partial charge in [0.25, 0.3) is 5.91 Å². The van der Waals surface area contributed by atoms with Crippen molar-refractivity contribution in [2.45, 2.75) is 13.3 Å². The molecule has 0 aliphatic heterocycles. The van der Waals surface area contributed by atoms with Crippen molar-refractivity contribution < 1.29 is 19.4 Å². The van der Waals surface area contributed by atoms with Gasteiger partial charge in [-0.05, 0) is 23.8 Å². The largest absolute Gasteiger partial charge is 0.511 e. The van der Waals surface area contributed by atoms with Gasteiger partial charge in [0.1, 0.15) is 11.8 Å². The zero-order valence-corrected chi connectivity index (χ0v) is 14.3. The van der Waals surface area contributed by atoms with Crippen LogP contribution in [0.4, 0.5) is 5.69 Å². The molecule has 1 aromatic heterocycles. The molecule has 0 radical (unpaired) electrons. The summed E-state index contributed by atoms with van der Waals surface area (Å²) in [6.45, 7) is 1.62. The highest BCUT2D eigenvalue weighted by Gasteiger charge is 2.18. The maximum atomic E-state index is 12.2. The number of esters is 1. The minimum atomic E-state index is -0.753. The van der Waals surface area contributed by atoms with Crippen LogP contribution >= 0.6 is 0 Å². The van der Waals surface area contributed by atoms with Gasteiger partial charge >= 0.3 is 5.97 Å². The van der Waals surface area contributed by atoms with E-state index in [1.54, 1.807) is 49.7 Å². The Balaban J connectivity index is 2.42. The summed E-state index contributed by atoms with van der Waals surface area (Å²) in [4.78, 5) is 28.3. The molecule has 2 rings (SSSR count). The van der Waals surface area contributed by atoms with Gasteiger partial charge in [0.15, 0.2) is 5.57 Å². The number of hydrogen-bond acceptors (Lipinski definition) is 6. The van der Waals surface area contributed by atoms with Gasteiger partial charge < -0.3 is 15.2 Å². The number of anilines is 1. The van der Waals surface area contributed by atoms with Crippen molar-refractivity contribution in [2.75, 3.05) is 12.4 Å². The van der Waals surface area contributed by atoms with E-state index in [4.69, 9.17) is 10.00 Å². The van der Waals surface area contributed by atoms with Crippen LogP contribution in [0.5, 0.6) is 0 Å². The molecule has 0 aliphatic rings. The highest BCUT2D eigenvalue weighted by Crippen LogP contribution is 2.27. The van der Waals surface area contributed by atoms with Gasteiger partial charge in [0, 0.05) is 30.1 Å². The first-order valence-corrected chi connectivity index (χ1v) is 7.78. The molecule has 0 aliphatic carbocycles. The minimum absolute atomic E-state index is 0.156. The number of nitrogens with zero attached hydrogens (tertiary/aromatic N) is 2. The molecule has 2 aromatic rings. The molecular weight excluding hydrogens is 334 g/mol. The van der Waals surface area contributed by atoms with Crippen LogP contribution in [0.2, 0.25) is 0 Å². The lowest BCUT2D eigenvalue weighted by atomic mass is 10.0. The number of aromatic nitrogens is 1. The van der Waals surface area contributed by atoms with Crippen molar-refractivity contribution in [3.8, 4) is 17.2 Å². The molecule has 7 nitrogen and oxygen atoms in total. The van der Waals surface area contributed by atoms with E-state index in [0.29, 0.717) is 16.8 Å². The van der Waals surface area contributed by atoms with Gasteiger partial charge in [-0.15, -0.1) is 0 Å². The summed E-state index contributed by atoms with van der Waals surface area (Å²) in [7, 11) is 1.26. The molecule has 1 aromatic carbocycles. The first-order chi connectivity index (χ1) is 12.5. The fourth-order valence-electron chi connectivity index (χ4n) is 2.29. The number of allylic oxidation sites excluding steroid dienone is 1. The van der Waals surface area contributed by atoms with Crippen LogP contribution in [0.3, 0.4) is 0 Å². The third-order valence-corrected chi connectivity index (χ3v) is 3.62. The smallest absolute Gasteiger partial charge is 0.338 e. The van der Waals surface area contributed by atoms with Crippen LogP contribution in [0.15, 0.2) is 54.1 Å². The lowest BCUT2D eigenvalue weighted by molar-refractivity contribution is -0.112. The Hall–Kier alpha value is -3.66. The summed E-state index contributed by atoms with van der Waals surface area (Å²) in [5, 5.41) is 21.2. The Morgan fingerprint density at radius 3 is 2.69 bits per heavy atom. The quantitative estimate of drug-likeness (QED) is 0.370. The first kappa shape index (κ1) is 18.7. The lowest BCUT2D eigenvalue weighted by Gasteiger charge is -2.11. The number of benzene rings is 1. The highest BCUT2D eigenvalue weighted by molar-refractivity contribution is 6.08. The van der Waals surface area contributed by atoms with Crippen LogP contribution in [-0.4, -0.2) is 29.1 Å². The first-order valence-electron chi connectivity index (χ1n) is 7.78. The van der Waals surface area contributed by atoms with Crippen LogP contribution < -0.4 is 5.32 Å². The maximum Gasteiger partial charge on any atom is 0.338 e. The molecule has 26 heavy (non-hydrogen) atoms. The molecule has 0 atom stereocenters. The third kappa shape index (κ3) is 4.05. The van der Waals surface area contributed by atoms with E-state index in [9.17, 15) is 14.7 Å². The molecule has 0 saturated heterocycles. The molecular formula is C19H17N3O4.